The van der Waals surface area contributed by atoms with Gasteiger partial charge in [-0.25, -0.2) is 4.98 Å². The van der Waals surface area contributed by atoms with E-state index in [1.54, 1.807) is 10.6 Å². The van der Waals surface area contributed by atoms with E-state index in [1.807, 2.05) is 31.5 Å². The average molecular weight is 395 g/mol. The van der Waals surface area contributed by atoms with E-state index in [9.17, 15) is 10.2 Å². The van der Waals surface area contributed by atoms with Crippen molar-refractivity contribution in [1.29, 1.82) is 0 Å². The molecule has 2 aromatic heterocycles. The summed E-state index contributed by atoms with van der Waals surface area (Å²) >= 11 is 4.47. The largest absolute Gasteiger partial charge is 0.508 e. The fraction of sp³-hybridized carbons (Fsp3) is 0.250. The third-order valence-electron chi connectivity index (χ3n) is 4.79. The zero-order valence-corrected chi connectivity index (χ0v) is 16.6. The average Bonchev–Trinajstić information content (AvgIpc) is 3.25. The summed E-state index contributed by atoms with van der Waals surface area (Å²) in [6.45, 7) is 4.94. The molecule has 0 fully saturated rings. The predicted octanol–water partition coefficient (Wildman–Crippen LogP) is 3.96. The number of nitrogens with zero attached hydrogens (tertiary/aromatic N) is 5. The standard InChI is InChI=1S/C20H21N5O2S/c1-3-7-24-11-21-15-6-5-13(9-16(15)24)25-19(22-23-20(25)28)14-8-12(4-2)17(26)10-18(14)27/h5-6,8-11,26-27H,3-4,7H2,1-2H3,(H,23,28). The van der Waals surface area contributed by atoms with E-state index in [1.165, 1.54) is 6.07 Å². The molecule has 4 aromatic rings. The maximum atomic E-state index is 10.4. The number of hydrogen-bond donors (Lipinski definition) is 3. The van der Waals surface area contributed by atoms with Gasteiger partial charge in [-0.05, 0) is 42.7 Å². The number of imidazole rings is 1. The van der Waals surface area contributed by atoms with E-state index >= 15 is 0 Å². The minimum atomic E-state index is -0.0613. The molecule has 7 nitrogen and oxygen atoms in total. The molecule has 8 heteroatoms. The highest BCUT2D eigenvalue weighted by atomic mass is 32.1. The second kappa shape index (κ2) is 7.20. The van der Waals surface area contributed by atoms with Gasteiger partial charge in [0.1, 0.15) is 11.5 Å². The molecule has 4 rings (SSSR count). The van der Waals surface area contributed by atoms with Crippen molar-refractivity contribution in [2.45, 2.75) is 38.4 Å². The zero-order chi connectivity index (χ0) is 19.8. The first-order chi connectivity index (χ1) is 13.5. The Balaban J connectivity index is 1.90. The van der Waals surface area contributed by atoms with E-state index in [2.05, 4.69) is 39.3 Å². The summed E-state index contributed by atoms with van der Waals surface area (Å²) in [5, 5.41) is 29.1. The molecule has 0 aliphatic carbocycles. The van der Waals surface area contributed by atoms with Crippen molar-refractivity contribution in [3.63, 3.8) is 0 Å². The first-order valence-electron chi connectivity index (χ1n) is 9.18. The van der Waals surface area contributed by atoms with E-state index in [0.29, 0.717) is 23.0 Å². The van der Waals surface area contributed by atoms with Crippen molar-refractivity contribution in [2.75, 3.05) is 0 Å². The maximum Gasteiger partial charge on any atom is 0.193 e. The summed E-state index contributed by atoms with van der Waals surface area (Å²) in [6, 6.07) is 8.96. The van der Waals surface area contributed by atoms with E-state index in [0.717, 1.165) is 35.2 Å². The van der Waals surface area contributed by atoms with Crippen LogP contribution in [0, 0.1) is 0 Å². The number of thiol groups is 1. The van der Waals surface area contributed by atoms with Crippen LogP contribution in [0.4, 0.5) is 0 Å². The van der Waals surface area contributed by atoms with Gasteiger partial charge in [0.05, 0.1) is 28.6 Å². The predicted molar refractivity (Wildman–Crippen MR) is 110 cm³/mol. The van der Waals surface area contributed by atoms with Gasteiger partial charge in [0.25, 0.3) is 0 Å². The van der Waals surface area contributed by atoms with Crippen molar-refractivity contribution in [1.82, 2.24) is 24.3 Å². The van der Waals surface area contributed by atoms with E-state index in [-0.39, 0.29) is 11.5 Å². The fourth-order valence-electron chi connectivity index (χ4n) is 3.38. The Hall–Kier alpha value is -3.00. The number of rotatable bonds is 5. The Morgan fingerprint density at radius 3 is 2.61 bits per heavy atom. The molecule has 0 atom stereocenters. The lowest BCUT2D eigenvalue weighted by Crippen LogP contribution is -2.00. The minimum absolute atomic E-state index is 0.0609. The molecule has 2 aromatic carbocycles. The molecule has 2 heterocycles. The quantitative estimate of drug-likeness (QED) is 0.445. The molecule has 0 amide bonds. The molecule has 0 unspecified atom stereocenters. The first kappa shape index (κ1) is 18.4. The molecule has 0 aliphatic heterocycles. The van der Waals surface area contributed by atoms with Gasteiger partial charge < -0.3 is 14.8 Å². The Bertz CT molecular complexity index is 1170. The number of fused-ring (bicyclic) bond motifs is 1. The lowest BCUT2D eigenvalue weighted by atomic mass is 10.1. The summed E-state index contributed by atoms with van der Waals surface area (Å²) in [6.07, 6.45) is 3.47. The monoisotopic (exact) mass is 395 g/mol. The molecule has 0 saturated heterocycles. The lowest BCUT2D eigenvalue weighted by Gasteiger charge is -2.12. The number of phenols is 2. The highest BCUT2D eigenvalue weighted by molar-refractivity contribution is 7.80. The van der Waals surface area contributed by atoms with Crippen molar-refractivity contribution in [3.05, 3.63) is 42.2 Å². The summed E-state index contributed by atoms with van der Waals surface area (Å²) in [5.74, 6) is 0.456. The Labute approximate surface area is 167 Å². The van der Waals surface area contributed by atoms with Crippen molar-refractivity contribution in [2.24, 2.45) is 0 Å². The van der Waals surface area contributed by atoms with Gasteiger partial charge >= 0.3 is 0 Å². The van der Waals surface area contributed by atoms with Crippen molar-refractivity contribution < 1.29 is 10.2 Å². The Kier molecular flexibility index (Phi) is 4.72. The summed E-state index contributed by atoms with van der Waals surface area (Å²) in [5.41, 5.74) is 3.95. The Morgan fingerprint density at radius 2 is 1.86 bits per heavy atom. The van der Waals surface area contributed by atoms with Crippen LogP contribution in [0.5, 0.6) is 11.5 Å². The minimum Gasteiger partial charge on any atom is -0.508 e. The fourth-order valence-corrected chi connectivity index (χ4v) is 3.63. The second-order valence-electron chi connectivity index (χ2n) is 6.62. The number of aryl methyl sites for hydroxylation is 2. The van der Waals surface area contributed by atoms with Gasteiger partial charge in [-0.15, -0.1) is 22.8 Å². The molecule has 0 saturated carbocycles. The number of benzene rings is 2. The van der Waals surface area contributed by atoms with Crippen LogP contribution < -0.4 is 0 Å². The summed E-state index contributed by atoms with van der Waals surface area (Å²) in [7, 11) is 0. The highest BCUT2D eigenvalue weighted by Crippen LogP contribution is 2.36. The van der Waals surface area contributed by atoms with E-state index in [4.69, 9.17) is 0 Å². The van der Waals surface area contributed by atoms with Gasteiger partial charge in [0.2, 0.25) is 0 Å². The smallest absolute Gasteiger partial charge is 0.193 e. The molecular weight excluding hydrogens is 374 g/mol. The Morgan fingerprint density at radius 1 is 1.04 bits per heavy atom. The zero-order valence-electron chi connectivity index (χ0n) is 15.7. The second-order valence-corrected chi connectivity index (χ2v) is 7.02. The summed E-state index contributed by atoms with van der Waals surface area (Å²) < 4.78 is 3.88. The van der Waals surface area contributed by atoms with E-state index < -0.39 is 0 Å². The van der Waals surface area contributed by atoms with Gasteiger partial charge in [-0.2, -0.15) is 0 Å². The van der Waals surface area contributed by atoms with Crippen LogP contribution in [0.3, 0.4) is 0 Å². The number of hydrogen-bond acceptors (Lipinski definition) is 6. The van der Waals surface area contributed by atoms with Crippen LogP contribution in [-0.4, -0.2) is 34.5 Å². The van der Waals surface area contributed by atoms with Crippen LogP contribution >= 0.6 is 12.6 Å². The topological polar surface area (TPSA) is 89.0 Å². The van der Waals surface area contributed by atoms with Crippen LogP contribution in [0.2, 0.25) is 0 Å². The first-order valence-corrected chi connectivity index (χ1v) is 9.63. The molecule has 28 heavy (non-hydrogen) atoms. The van der Waals surface area contributed by atoms with Crippen LogP contribution in [0.1, 0.15) is 25.8 Å². The molecule has 0 radical (unpaired) electrons. The van der Waals surface area contributed by atoms with Gasteiger partial charge in [-0.1, -0.05) is 13.8 Å². The number of phenolic OH excluding ortho intramolecular Hbond substituents is 2. The SMILES string of the molecule is CCCn1cnc2ccc(-n3c(S)nnc3-c3cc(CC)c(O)cc3O)cc21. The van der Waals surface area contributed by atoms with Crippen LogP contribution in [0.15, 0.2) is 41.8 Å². The van der Waals surface area contributed by atoms with Crippen LogP contribution in [-0.2, 0) is 13.0 Å². The van der Waals surface area contributed by atoms with Crippen LogP contribution in [0.25, 0.3) is 28.1 Å². The third kappa shape index (κ3) is 2.99. The molecule has 0 bridgehead atoms. The number of aromatic nitrogens is 5. The maximum absolute atomic E-state index is 10.4. The normalized spacial score (nSPS) is 11.4. The van der Waals surface area contributed by atoms with Gasteiger partial charge in [-0.3, -0.25) is 4.57 Å². The molecular formula is C20H21N5O2S. The van der Waals surface area contributed by atoms with Gasteiger partial charge in [0, 0.05) is 12.6 Å². The van der Waals surface area contributed by atoms with Crippen molar-refractivity contribution >= 4 is 23.7 Å². The third-order valence-corrected chi connectivity index (χ3v) is 5.08. The molecule has 144 valence electrons. The lowest BCUT2D eigenvalue weighted by molar-refractivity contribution is 0.447. The molecule has 0 aliphatic rings. The summed E-state index contributed by atoms with van der Waals surface area (Å²) in [4.78, 5) is 4.44. The van der Waals surface area contributed by atoms with Gasteiger partial charge in [0.15, 0.2) is 11.0 Å². The van der Waals surface area contributed by atoms with Crippen molar-refractivity contribution in [3.8, 4) is 28.6 Å². The molecule has 0 spiro atoms. The number of aromatic hydroxyl groups is 2. The highest BCUT2D eigenvalue weighted by Gasteiger charge is 2.19. The molecule has 2 N–H and O–H groups in total.